The summed E-state index contributed by atoms with van der Waals surface area (Å²) in [5.74, 6) is 0. The lowest BCUT2D eigenvalue weighted by molar-refractivity contribution is 0.0938. The van der Waals surface area contributed by atoms with Gasteiger partial charge in [0.25, 0.3) is 0 Å². The smallest absolute Gasteiger partial charge is 0.0550 e. The highest BCUT2D eigenvalue weighted by Gasteiger charge is 2.39. The van der Waals surface area contributed by atoms with Crippen LogP contribution < -0.4 is 0 Å². The molecule has 1 aliphatic rings. The van der Waals surface area contributed by atoms with Gasteiger partial charge >= 0.3 is 0 Å². The van der Waals surface area contributed by atoms with E-state index in [0.29, 0.717) is 11.5 Å². The number of nitrogens with zero attached hydrogens (tertiary/aromatic N) is 2. The predicted octanol–water partition coefficient (Wildman–Crippen LogP) is 3.98. The zero-order valence-corrected chi connectivity index (χ0v) is 12.7. The number of aromatic nitrogens is 1. The van der Waals surface area contributed by atoms with Crippen LogP contribution in [0, 0.1) is 12.3 Å². The van der Waals surface area contributed by atoms with Gasteiger partial charge in [-0.1, -0.05) is 32.0 Å². The van der Waals surface area contributed by atoms with Gasteiger partial charge in [-0.25, -0.2) is 0 Å². The van der Waals surface area contributed by atoms with Gasteiger partial charge in [0, 0.05) is 23.1 Å². The van der Waals surface area contributed by atoms with Crippen LogP contribution in [0.2, 0.25) is 0 Å². The van der Waals surface area contributed by atoms with Crippen molar-refractivity contribution >= 4 is 10.9 Å². The zero-order chi connectivity index (χ0) is 13.8. The molecule has 1 aliphatic heterocycles. The monoisotopic (exact) mass is 256 g/mol. The topological polar surface area (TPSA) is 8.17 Å². The van der Waals surface area contributed by atoms with E-state index in [4.69, 9.17) is 0 Å². The maximum absolute atomic E-state index is 2.54. The summed E-state index contributed by atoms with van der Waals surface area (Å²) >= 11 is 0. The van der Waals surface area contributed by atoms with E-state index >= 15 is 0 Å². The quantitative estimate of drug-likeness (QED) is 0.749. The third-order valence-electron chi connectivity index (χ3n) is 4.77. The van der Waals surface area contributed by atoms with Gasteiger partial charge in [-0.05, 0) is 44.5 Å². The van der Waals surface area contributed by atoms with Crippen molar-refractivity contribution < 1.29 is 0 Å². The standard InChI is InChI=1S/C17H24N2/c1-12-13-8-6-7-9-14(13)19-11-10-17(2,3)16(15(12)19)18(4)5/h6-9,16H,10-11H2,1-5H3. The summed E-state index contributed by atoms with van der Waals surface area (Å²) < 4.78 is 2.54. The first-order valence-electron chi connectivity index (χ1n) is 7.17. The molecule has 0 saturated heterocycles. The van der Waals surface area contributed by atoms with Crippen LogP contribution in [0.1, 0.15) is 37.6 Å². The second-order valence-electron chi connectivity index (χ2n) is 6.78. The third kappa shape index (κ3) is 1.73. The molecule has 0 aliphatic carbocycles. The van der Waals surface area contributed by atoms with Gasteiger partial charge in [-0.2, -0.15) is 0 Å². The fourth-order valence-electron chi connectivity index (χ4n) is 3.94. The van der Waals surface area contributed by atoms with Gasteiger partial charge in [0.15, 0.2) is 0 Å². The van der Waals surface area contributed by atoms with Crippen molar-refractivity contribution in [3.63, 3.8) is 0 Å². The number of hydrogen-bond acceptors (Lipinski definition) is 1. The van der Waals surface area contributed by atoms with E-state index in [1.54, 1.807) is 0 Å². The van der Waals surface area contributed by atoms with Crippen LogP contribution in [0.15, 0.2) is 24.3 Å². The molecule has 1 aromatic heterocycles. The van der Waals surface area contributed by atoms with E-state index in [1.807, 2.05) is 0 Å². The highest BCUT2D eigenvalue weighted by atomic mass is 15.2. The van der Waals surface area contributed by atoms with Crippen molar-refractivity contribution in [1.29, 1.82) is 0 Å². The van der Waals surface area contributed by atoms with E-state index in [9.17, 15) is 0 Å². The van der Waals surface area contributed by atoms with Gasteiger partial charge in [-0.15, -0.1) is 0 Å². The number of rotatable bonds is 1. The maximum atomic E-state index is 2.54. The second kappa shape index (κ2) is 4.11. The average Bonchev–Trinajstić information content (AvgIpc) is 2.62. The van der Waals surface area contributed by atoms with Crippen LogP contribution in [-0.4, -0.2) is 23.6 Å². The minimum absolute atomic E-state index is 0.332. The van der Waals surface area contributed by atoms with E-state index < -0.39 is 0 Å². The molecule has 2 aromatic rings. The summed E-state index contributed by atoms with van der Waals surface area (Å²) in [5, 5.41) is 1.42. The van der Waals surface area contributed by atoms with Crippen molar-refractivity contribution in [2.24, 2.45) is 5.41 Å². The lowest BCUT2D eigenvalue weighted by atomic mass is 9.76. The first kappa shape index (κ1) is 12.7. The fraction of sp³-hybridized carbons (Fsp3) is 0.529. The van der Waals surface area contributed by atoms with Gasteiger partial charge in [0.05, 0.1) is 6.04 Å². The molecular formula is C17H24N2. The molecule has 0 bridgehead atoms. The highest BCUT2D eigenvalue weighted by molar-refractivity contribution is 5.85. The Balaban J connectivity index is 2.32. The summed E-state index contributed by atoms with van der Waals surface area (Å²) in [7, 11) is 4.42. The van der Waals surface area contributed by atoms with Crippen LogP contribution in [0.5, 0.6) is 0 Å². The number of fused-ring (bicyclic) bond motifs is 3. The Kier molecular flexibility index (Phi) is 2.75. The molecule has 1 atom stereocenters. The molecular weight excluding hydrogens is 232 g/mol. The molecule has 0 fully saturated rings. The molecule has 19 heavy (non-hydrogen) atoms. The number of aryl methyl sites for hydroxylation is 2. The molecule has 1 unspecified atom stereocenters. The highest BCUT2D eigenvalue weighted by Crippen LogP contribution is 2.47. The van der Waals surface area contributed by atoms with Crippen molar-refractivity contribution in [3.05, 3.63) is 35.5 Å². The molecule has 3 rings (SSSR count). The van der Waals surface area contributed by atoms with Gasteiger partial charge < -0.3 is 9.47 Å². The summed E-state index contributed by atoms with van der Waals surface area (Å²) in [6.45, 7) is 8.23. The zero-order valence-electron chi connectivity index (χ0n) is 12.7. The predicted molar refractivity (Wildman–Crippen MR) is 81.5 cm³/mol. The molecule has 2 heterocycles. The Morgan fingerprint density at radius 3 is 2.58 bits per heavy atom. The number of benzene rings is 1. The van der Waals surface area contributed by atoms with E-state index in [1.165, 1.54) is 28.6 Å². The summed E-state index contributed by atoms with van der Waals surface area (Å²) in [4.78, 5) is 2.39. The fourth-order valence-corrected chi connectivity index (χ4v) is 3.94. The number of hydrogen-bond donors (Lipinski definition) is 0. The number of para-hydroxylation sites is 1. The average molecular weight is 256 g/mol. The van der Waals surface area contributed by atoms with E-state index in [2.05, 4.69) is 68.6 Å². The van der Waals surface area contributed by atoms with Gasteiger partial charge in [-0.3, -0.25) is 0 Å². The Morgan fingerprint density at radius 2 is 1.89 bits per heavy atom. The minimum Gasteiger partial charge on any atom is -0.343 e. The van der Waals surface area contributed by atoms with Crippen LogP contribution in [0.3, 0.4) is 0 Å². The Hall–Kier alpha value is -1.28. The Labute approximate surface area is 116 Å². The third-order valence-corrected chi connectivity index (χ3v) is 4.77. The lowest BCUT2D eigenvalue weighted by Gasteiger charge is -2.44. The molecule has 0 spiro atoms. The summed E-state index contributed by atoms with van der Waals surface area (Å²) in [6.07, 6.45) is 1.24. The summed E-state index contributed by atoms with van der Waals surface area (Å²) in [5.41, 5.74) is 4.71. The Morgan fingerprint density at radius 1 is 1.21 bits per heavy atom. The van der Waals surface area contributed by atoms with Crippen molar-refractivity contribution in [2.75, 3.05) is 14.1 Å². The van der Waals surface area contributed by atoms with E-state index in [-0.39, 0.29) is 0 Å². The van der Waals surface area contributed by atoms with Crippen LogP contribution in [0.25, 0.3) is 10.9 Å². The minimum atomic E-state index is 0.332. The van der Waals surface area contributed by atoms with E-state index in [0.717, 1.165) is 6.54 Å². The van der Waals surface area contributed by atoms with Gasteiger partial charge in [0.2, 0.25) is 0 Å². The van der Waals surface area contributed by atoms with Crippen LogP contribution in [0.4, 0.5) is 0 Å². The molecule has 0 amide bonds. The molecule has 0 saturated carbocycles. The summed E-state index contributed by atoms with van der Waals surface area (Å²) in [6, 6.07) is 9.32. The SMILES string of the molecule is Cc1c2n(c3ccccc13)CCC(C)(C)C2N(C)C. The lowest BCUT2D eigenvalue weighted by Crippen LogP contribution is -2.39. The van der Waals surface area contributed by atoms with Crippen LogP contribution >= 0.6 is 0 Å². The molecule has 102 valence electrons. The molecule has 2 heteroatoms. The van der Waals surface area contributed by atoms with Crippen molar-refractivity contribution in [1.82, 2.24) is 9.47 Å². The Bertz CT molecular complexity index is 619. The second-order valence-corrected chi connectivity index (χ2v) is 6.78. The normalized spacial score (nSPS) is 21.9. The largest absolute Gasteiger partial charge is 0.343 e. The van der Waals surface area contributed by atoms with Gasteiger partial charge in [0.1, 0.15) is 0 Å². The first-order valence-corrected chi connectivity index (χ1v) is 7.17. The van der Waals surface area contributed by atoms with Crippen molar-refractivity contribution in [3.8, 4) is 0 Å². The maximum Gasteiger partial charge on any atom is 0.0550 e. The molecule has 0 radical (unpaired) electrons. The molecule has 1 aromatic carbocycles. The van der Waals surface area contributed by atoms with Crippen LogP contribution in [-0.2, 0) is 6.54 Å². The first-order chi connectivity index (χ1) is 8.93. The molecule has 0 N–H and O–H groups in total. The van der Waals surface area contributed by atoms with Crippen molar-refractivity contribution in [2.45, 2.75) is 39.8 Å². The molecule has 2 nitrogen and oxygen atoms in total.